The summed E-state index contributed by atoms with van der Waals surface area (Å²) >= 11 is 0. The molecule has 1 aliphatic rings. The molecule has 0 amide bonds. The lowest BCUT2D eigenvalue weighted by Crippen LogP contribution is -2.20. The Morgan fingerprint density at radius 3 is 2.65 bits per heavy atom. The summed E-state index contributed by atoms with van der Waals surface area (Å²) in [7, 11) is 0. The summed E-state index contributed by atoms with van der Waals surface area (Å²) in [6, 6.07) is 5.51. The van der Waals surface area contributed by atoms with Crippen molar-refractivity contribution in [1.29, 1.82) is 0 Å². The number of hydrogen-bond donors (Lipinski definition) is 1. The molecule has 0 saturated heterocycles. The average molecular weight is 273 g/mol. The first-order chi connectivity index (χ1) is 9.74. The molecule has 0 spiro atoms. The second kappa shape index (κ2) is 5.40. The molecule has 104 valence electrons. The van der Waals surface area contributed by atoms with Crippen molar-refractivity contribution in [3.63, 3.8) is 0 Å². The van der Waals surface area contributed by atoms with Crippen molar-refractivity contribution in [2.75, 3.05) is 0 Å². The zero-order valence-electron chi connectivity index (χ0n) is 10.9. The van der Waals surface area contributed by atoms with E-state index in [9.17, 15) is 4.79 Å². The SMILES string of the molecule is O=C(O)[C@H]1CC[C@H](c2nnc(-c3ccccn3)o2)CC1. The number of carboxylic acids is 1. The second-order valence-corrected chi connectivity index (χ2v) is 5.05. The number of pyridine rings is 1. The van der Waals surface area contributed by atoms with Gasteiger partial charge in [-0.25, -0.2) is 0 Å². The minimum absolute atomic E-state index is 0.163. The lowest BCUT2D eigenvalue weighted by molar-refractivity contribution is -0.142. The molecule has 0 unspecified atom stereocenters. The van der Waals surface area contributed by atoms with E-state index < -0.39 is 5.97 Å². The molecule has 2 heterocycles. The summed E-state index contributed by atoms with van der Waals surface area (Å²) in [6.07, 6.45) is 4.57. The minimum atomic E-state index is -0.705. The van der Waals surface area contributed by atoms with Gasteiger partial charge < -0.3 is 9.52 Å². The van der Waals surface area contributed by atoms with E-state index in [2.05, 4.69) is 15.2 Å². The van der Waals surface area contributed by atoms with Crippen LogP contribution in [0.1, 0.15) is 37.5 Å². The Morgan fingerprint density at radius 1 is 1.20 bits per heavy atom. The summed E-state index contributed by atoms with van der Waals surface area (Å²) in [5.74, 6) is 0.235. The van der Waals surface area contributed by atoms with Gasteiger partial charge in [-0.3, -0.25) is 9.78 Å². The summed E-state index contributed by atoms with van der Waals surface area (Å²) in [4.78, 5) is 15.1. The maximum absolute atomic E-state index is 10.9. The maximum Gasteiger partial charge on any atom is 0.306 e. The van der Waals surface area contributed by atoms with Crippen LogP contribution in [0.15, 0.2) is 28.8 Å². The van der Waals surface area contributed by atoms with Crippen LogP contribution >= 0.6 is 0 Å². The van der Waals surface area contributed by atoms with Gasteiger partial charge in [-0.15, -0.1) is 10.2 Å². The summed E-state index contributed by atoms with van der Waals surface area (Å²) in [6.45, 7) is 0. The molecule has 20 heavy (non-hydrogen) atoms. The van der Waals surface area contributed by atoms with Gasteiger partial charge in [-0.05, 0) is 37.8 Å². The predicted octanol–water partition coefficient (Wildman–Crippen LogP) is 2.49. The molecule has 0 atom stereocenters. The molecule has 0 aromatic carbocycles. The Kier molecular flexibility index (Phi) is 3.45. The molecule has 0 aliphatic heterocycles. The summed E-state index contributed by atoms with van der Waals surface area (Å²) in [5, 5.41) is 17.1. The Hall–Kier alpha value is -2.24. The molecular weight excluding hydrogens is 258 g/mol. The first-order valence-electron chi connectivity index (χ1n) is 6.71. The van der Waals surface area contributed by atoms with Crippen LogP contribution in [0.3, 0.4) is 0 Å². The monoisotopic (exact) mass is 273 g/mol. The van der Waals surface area contributed by atoms with Crippen LogP contribution in [-0.4, -0.2) is 26.3 Å². The molecule has 3 rings (SSSR count). The smallest absolute Gasteiger partial charge is 0.306 e. The van der Waals surface area contributed by atoms with Crippen molar-refractivity contribution >= 4 is 5.97 Å². The number of rotatable bonds is 3. The predicted molar refractivity (Wildman–Crippen MR) is 69.9 cm³/mol. The van der Waals surface area contributed by atoms with E-state index in [0.29, 0.717) is 30.3 Å². The zero-order chi connectivity index (χ0) is 13.9. The molecule has 0 bridgehead atoms. The van der Waals surface area contributed by atoms with Gasteiger partial charge in [0.15, 0.2) is 0 Å². The summed E-state index contributed by atoms with van der Waals surface area (Å²) in [5.41, 5.74) is 0.658. The van der Waals surface area contributed by atoms with Gasteiger partial charge in [0.1, 0.15) is 5.69 Å². The maximum atomic E-state index is 10.9. The molecular formula is C14H15N3O3. The van der Waals surface area contributed by atoms with Crippen LogP contribution in [0.2, 0.25) is 0 Å². The summed E-state index contributed by atoms with van der Waals surface area (Å²) < 4.78 is 5.67. The van der Waals surface area contributed by atoms with E-state index in [0.717, 1.165) is 12.8 Å². The number of hydrogen-bond acceptors (Lipinski definition) is 5. The van der Waals surface area contributed by atoms with Crippen LogP contribution in [0.4, 0.5) is 0 Å². The first kappa shape index (κ1) is 12.8. The molecule has 1 fully saturated rings. The highest BCUT2D eigenvalue weighted by molar-refractivity contribution is 5.70. The highest BCUT2D eigenvalue weighted by atomic mass is 16.4. The molecule has 1 aliphatic carbocycles. The van der Waals surface area contributed by atoms with Crippen LogP contribution < -0.4 is 0 Å². The van der Waals surface area contributed by atoms with E-state index in [4.69, 9.17) is 9.52 Å². The van der Waals surface area contributed by atoms with Gasteiger partial charge in [-0.2, -0.15) is 0 Å². The topological polar surface area (TPSA) is 89.1 Å². The largest absolute Gasteiger partial charge is 0.481 e. The Balaban J connectivity index is 1.71. The van der Waals surface area contributed by atoms with E-state index in [1.165, 1.54) is 0 Å². The molecule has 6 heteroatoms. The quantitative estimate of drug-likeness (QED) is 0.924. The molecule has 1 N–H and O–H groups in total. The van der Waals surface area contributed by atoms with Gasteiger partial charge in [-0.1, -0.05) is 6.07 Å². The third-order valence-electron chi connectivity index (χ3n) is 3.75. The Morgan fingerprint density at radius 2 is 2.00 bits per heavy atom. The van der Waals surface area contributed by atoms with Gasteiger partial charge >= 0.3 is 5.97 Å². The second-order valence-electron chi connectivity index (χ2n) is 5.05. The lowest BCUT2D eigenvalue weighted by atomic mass is 9.82. The van der Waals surface area contributed by atoms with Crippen LogP contribution in [0, 0.1) is 5.92 Å². The highest BCUT2D eigenvalue weighted by Gasteiger charge is 2.29. The van der Waals surface area contributed by atoms with Crippen LogP contribution in [0.5, 0.6) is 0 Å². The third-order valence-corrected chi connectivity index (χ3v) is 3.75. The Bertz CT molecular complexity index is 589. The number of aliphatic carboxylic acids is 1. The van der Waals surface area contributed by atoms with Crippen molar-refractivity contribution in [2.45, 2.75) is 31.6 Å². The van der Waals surface area contributed by atoms with E-state index in [-0.39, 0.29) is 11.8 Å². The number of carbonyl (C=O) groups is 1. The van der Waals surface area contributed by atoms with Crippen molar-refractivity contribution in [2.24, 2.45) is 5.92 Å². The lowest BCUT2D eigenvalue weighted by Gasteiger charge is -2.23. The normalized spacial score (nSPS) is 22.6. The molecule has 0 radical (unpaired) electrons. The first-order valence-corrected chi connectivity index (χ1v) is 6.71. The van der Waals surface area contributed by atoms with Crippen molar-refractivity contribution in [1.82, 2.24) is 15.2 Å². The number of carboxylic acid groups (broad SMARTS) is 1. The van der Waals surface area contributed by atoms with Gasteiger partial charge in [0.2, 0.25) is 5.89 Å². The zero-order valence-corrected chi connectivity index (χ0v) is 10.9. The van der Waals surface area contributed by atoms with Gasteiger partial charge in [0.05, 0.1) is 5.92 Å². The molecule has 2 aromatic rings. The minimum Gasteiger partial charge on any atom is -0.481 e. The third kappa shape index (κ3) is 2.54. The van der Waals surface area contributed by atoms with E-state index >= 15 is 0 Å². The fraction of sp³-hybridized carbons (Fsp3) is 0.429. The van der Waals surface area contributed by atoms with E-state index in [1.807, 2.05) is 18.2 Å². The number of nitrogens with zero attached hydrogens (tertiary/aromatic N) is 3. The molecule has 6 nitrogen and oxygen atoms in total. The van der Waals surface area contributed by atoms with Gasteiger partial charge in [0.25, 0.3) is 5.89 Å². The highest BCUT2D eigenvalue weighted by Crippen LogP contribution is 2.35. The molecule has 1 saturated carbocycles. The molecule has 2 aromatic heterocycles. The Labute approximate surface area is 115 Å². The van der Waals surface area contributed by atoms with Crippen molar-refractivity contribution in [3.05, 3.63) is 30.3 Å². The van der Waals surface area contributed by atoms with Crippen LogP contribution in [0.25, 0.3) is 11.6 Å². The van der Waals surface area contributed by atoms with E-state index in [1.54, 1.807) is 6.20 Å². The van der Waals surface area contributed by atoms with Crippen molar-refractivity contribution < 1.29 is 14.3 Å². The fourth-order valence-electron chi connectivity index (χ4n) is 2.58. The average Bonchev–Trinajstić information content (AvgIpc) is 2.98. The fourth-order valence-corrected chi connectivity index (χ4v) is 2.58. The van der Waals surface area contributed by atoms with Gasteiger partial charge in [0, 0.05) is 12.1 Å². The van der Waals surface area contributed by atoms with Crippen LogP contribution in [-0.2, 0) is 4.79 Å². The number of aromatic nitrogens is 3. The van der Waals surface area contributed by atoms with Crippen molar-refractivity contribution in [3.8, 4) is 11.6 Å². The standard InChI is InChI=1S/C14H15N3O3/c18-14(19)10-6-4-9(5-7-10)12-16-17-13(20-12)11-3-1-2-8-15-11/h1-3,8-10H,4-7H2,(H,18,19)/t9-,10-.